The zero-order chi connectivity index (χ0) is 26.7. The van der Waals surface area contributed by atoms with Gasteiger partial charge in [-0.2, -0.15) is 0 Å². The molecule has 1 saturated heterocycles. The van der Waals surface area contributed by atoms with Crippen LogP contribution in [-0.2, 0) is 19.7 Å². The van der Waals surface area contributed by atoms with Crippen LogP contribution in [0.3, 0.4) is 0 Å². The number of methoxy groups -OCH3 is 2. The number of carbonyl (C=O) groups excluding carboxylic acids is 4. The molecule has 2 heterocycles. The molecule has 1 aliphatic rings. The van der Waals surface area contributed by atoms with E-state index in [2.05, 4.69) is 20.4 Å². The van der Waals surface area contributed by atoms with Crippen LogP contribution in [0, 0.1) is 0 Å². The van der Waals surface area contributed by atoms with Gasteiger partial charge in [-0.3, -0.25) is 9.59 Å². The van der Waals surface area contributed by atoms with Crippen LogP contribution in [0.4, 0.5) is 9.93 Å². The Kier molecular flexibility index (Phi) is 7.25. The number of ether oxygens (including phenoxy) is 2. The van der Waals surface area contributed by atoms with E-state index < -0.39 is 41.3 Å². The number of amides is 4. The van der Waals surface area contributed by atoms with Gasteiger partial charge in [-0.15, -0.1) is 11.3 Å². The van der Waals surface area contributed by atoms with Gasteiger partial charge in [0.25, 0.3) is 5.91 Å². The summed E-state index contributed by atoms with van der Waals surface area (Å²) in [6, 6.07) is 13.0. The van der Waals surface area contributed by atoms with Gasteiger partial charge in [0, 0.05) is 10.8 Å². The van der Waals surface area contributed by atoms with Crippen molar-refractivity contribution in [2.24, 2.45) is 0 Å². The first kappa shape index (κ1) is 25.8. The summed E-state index contributed by atoms with van der Waals surface area (Å²) in [5.74, 6) is -1.23. The zero-order valence-electron chi connectivity index (χ0n) is 20.7. The van der Waals surface area contributed by atoms with Gasteiger partial charge in [0.1, 0.15) is 17.8 Å². The van der Waals surface area contributed by atoms with Gasteiger partial charge in [0.2, 0.25) is 5.91 Å². The molecule has 37 heavy (non-hydrogen) atoms. The molecule has 2 N–H and O–H groups in total. The summed E-state index contributed by atoms with van der Waals surface area (Å²) in [5.41, 5.74) is 0.352. The molecule has 1 unspecified atom stereocenters. The second kappa shape index (κ2) is 10.4. The van der Waals surface area contributed by atoms with Crippen LogP contribution in [0.2, 0.25) is 0 Å². The van der Waals surface area contributed by atoms with E-state index in [9.17, 15) is 19.2 Å². The highest BCUT2D eigenvalue weighted by Crippen LogP contribution is 2.35. The van der Waals surface area contributed by atoms with Crippen molar-refractivity contribution in [1.82, 2.24) is 15.2 Å². The second-order valence-electron chi connectivity index (χ2n) is 8.87. The van der Waals surface area contributed by atoms with E-state index in [4.69, 9.17) is 4.74 Å². The average molecular weight is 523 g/mol. The molecule has 3 aromatic rings. The number of carbonyl (C=O) groups is 4. The SMILES string of the molecule is COC(=O)c1csc(NC(=O)C(N2C(=O)N[C@H](c3ccc(OC)cc3)C2=O)C(C)(C)c2ccccc2)n1. The molecular weight excluding hydrogens is 496 g/mol. The van der Waals surface area contributed by atoms with Gasteiger partial charge in [-0.25, -0.2) is 19.5 Å². The lowest BCUT2D eigenvalue weighted by atomic mass is 9.76. The molecule has 0 saturated carbocycles. The number of rotatable bonds is 8. The minimum atomic E-state index is -1.24. The van der Waals surface area contributed by atoms with Crippen LogP contribution < -0.4 is 15.4 Å². The van der Waals surface area contributed by atoms with E-state index in [1.54, 1.807) is 38.1 Å². The van der Waals surface area contributed by atoms with E-state index >= 15 is 0 Å². The van der Waals surface area contributed by atoms with Crippen molar-refractivity contribution in [3.63, 3.8) is 0 Å². The molecule has 1 fully saturated rings. The lowest BCUT2D eigenvalue weighted by Crippen LogP contribution is -2.57. The summed E-state index contributed by atoms with van der Waals surface area (Å²) in [7, 11) is 2.76. The minimum absolute atomic E-state index is 0.0382. The first-order chi connectivity index (χ1) is 17.7. The Morgan fingerprint density at radius 2 is 1.76 bits per heavy atom. The largest absolute Gasteiger partial charge is 0.497 e. The van der Waals surface area contributed by atoms with Crippen molar-refractivity contribution < 1.29 is 28.7 Å². The fraction of sp³-hybridized carbons (Fsp3) is 0.269. The molecule has 2 atom stereocenters. The summed E-state index contributed by atoms with van der Waals surface area (Å²) in [6.45, 7) is 3.57. The molecular formula is C26H26N4O6S. The summed E-state index contributed by atoms with van der Waals surface area (Å²) in [6.07, 6.45) is 0. The lowest BCUT2D eigenvalue weighted by molar-refractivity contribution is -0.136. The maximum Gasteiger partial charge on any atom is 0.357 e. The van der Waals surface area contributed by atoms with Gasteiger partial charge in [-0.05, 0) is 23.3 Å². The second-order valence-corrected chi connectivity index (χ2v) is 9.73. The van der Waals surface area contributed by atoms with Crippen molar-refractivity contribution in [1.29, 1.82) is 0 Å². The van der Waals surface area contributed by atoms with Crippen LogP contribution in [-0.4, -0.2) is 54.0 Å². The van der Waals surface area contributed by atoms with Crippen molar-refractivity contribution in [3.8, 4) is 5.75 Å². The fourth-order valence-corrected chi connectivity index (χ4v) is 4.94. The Balaban J connectivity index is 1.70. The van der Waals surface area contributed by atoms with Crippen molar-refractivity contribution >= 4 is 40.3 Å². The third-order valence-electron chi connectivity index (χ3n) is 6.26. The highest BCUT2D eigenvalue weighted by molar-refractivity contribution is 7.14. The summed E-state index contributed by atoms with van der Waals surface area (Å²) < 4.78 is 9.85. The maximum atomic E-state index is 13.7. The zero-order valence-corrected chi connectivity index (χ0v) is 21.5. The van der Waals surface area contributed by atoms with Crippen LogP contribution in [0.25, 0.3) is 0 Å². The van der Waals surface area contributed by atoms with E-state index in [1.807, 2.05) is 30.3 Å². The standard InChI is InChI=1S/C26H26N4O6S/c1-26(2,16-8-6-5-7-9-16)20(21(31)29-24-27-18(14-37-24)23(33)36-4)30-22(32)19(28-25(30)34)15-10-12-17(35-3)13-11-15/h5-14,19-20H,1-4H3,(H,28,34)(H,27,29,31)/t19-,20?/m1/s1. The van der Waals surface area contributed by atoms with E-state index in [-0.39, 0.29) is 10.8 Å². The number of imide groups is 1. The van der Waals surface area contributed by atoms with Crippen LogP contribution >= 0.6 is 11.3 Å². The van der Waals surface area contributed by atoms with Crippen LogP contribution in [0.5, 0.6) is 5.75 Å². The highest BCUT2D eigenvalue weighted by atomic mass is 32.1. The molecule has 0 radical (unpaired) electrons. The number of benzene rings is 2. The van der Waals surface area contributed by atoms with E-state index in [1.165, 1.54) is 19.6 Å². The van der Waals surface area contributed by atoms with Gasteiger partial charge in [0.05, 0.1) is 14.2 Å². The van der Waals surface area contributed by atoms with Crippen LogP contribution in [0.15, 0.2) is 60.0 Å². The number of esters is 1. The summed E-state index contributed by atoms with van der Waals surface area (Å²) in [4.78, 5) is 57.4. The number of nitrogens with one attached hydrogen (secondary N) is 2. The number of anilines is 1. The minimum Gasteiger partial charge on any atom is -0.497 e. The number of hydrogen-bond acceptors (Lipinski definition) is 8. The molecule has 10 nitrogen and oxygen atoms in total. The molecule has 192 valence electrons. The van der Waals surface area contributed by atoms with E-state index in [0.29, 0.717) is 11.3 Å². The normalized spacial score (nSPS) is 16.2. The average Bonchev–Trinajstić information content (AvgIpc) is 3.48. The Bertz CT molecular complexity index is 1320. The summed E-state index contributed by atoms with van der Waals surface area (Å²) in [5, 5.41) is 6.96. The van der Waals surface area contributed by atoms with Crippen molar-refractivity contribution in [3.05, 3.63) is 76.8 Å². The highest BCUT2D eigenvalue weighted by Gasteiger charge is 2.51. The molecule has 0 bridgehead atoms. The van der Waals surface area contributed by atoms with Crippen molar-refractivity contribution in [2.45, 2.75) is 31.3 Å². The number of thiazole rings is 1. The molecule has 4 rings (SSSR count). The van der Waals surface area contributed by atoms with Gasteiger partial charge < -0.3 is 20.1 Å². The number of aromatic nitrogens is 1. The predicted octanol–water partition coefficient (Wildman–Crippen LogP) is 3.52. The first-order valence-corrected chi connectivity index (χ1v) is 12.2. The number of hydrogen-bond donors (Lipinski definition) is 2. The monoisotopic (exact) mass is 522 g/mol. The number of nitrogens with zero attached hydrogens (tertiary/aromatic N) is 2. The van der Waals surface area contributed by atoms with Gasteiger partial charge in [-0.1, -0.05) is 56.3 Å². The molecule has 4 amide bonds. The molecule has 11 heteroatoms. The molecule has 0 spiro atoms. The lowest BCUT2D eigenvalue weighted by Gasteiger charge is -2.37. The smallest absolute Gasteiger partial charge is 0.357 e. The maximum absolute atomic E-state index is 13.7. The van der Waals surface area contributed by atoms with E-state index in [0.717, 1.165) is 21.8 Å². The first-order valence-electron chi connectivity index (χ1n) is 11.3. The Morgan fingerprint density at radius 1 is 1.08 bits per heavy atom. The third-order valence-corrected chi connectivity index (χ3v) is 7.01. The molecule has 1 aliphatic heterocycles. The predicted molar refractivity (Wildman–Crippen MR) is 136 cm³/mol. The topological polar surface area (TPSA) is 127 Å². The summed E-state index contributed by atoms with van der Waals surface area (Å²) >= 11 is 1.03. The van der Waals surface area contributed by atoms with Gasteiger partial charge in [0.15, 0.2) is 10.8 Å². The van der Waals surface area contributed by atoms with Crippen molar-refractivity contribution in [2.75, 3.05) is 19.5 Å². The quantitative estimate of drug-likeness (QED) is 0.342. The fourth-order valence-electron chi connectivity index (χ4n) is 4.26. The Labute approximate surface area is 217 Å². The molecule has 1 aromatic heterocycles. The number of urea groups is 1. The Morgan fingerprint density at radius 3 is 2.38 bits per heavy atom. The molecule has 0 aliphatic carbocycles. The molecule has 2 aromatic carbocycles. The van der Waals surface area contributed by atoms with Crippen LogP contribution in [0.1, 0.15) is 41.5 Å². The Hall–Kier alpha value is -4.25. The third kappa shape index (κ3) is 5.03. The van der Waals surface area contributed by atoms with Gasteiger partial charge >= 0.3 is 12.0 Å².